The van der Waals surface area contributed by atoms with Gasteiger partial charge in [0, 0.05) is 19.5 Å². The lowest BCUT2D eigenvalue weighted by Crippen LogP contribution is -2.35. The molecule has 1 fully saturated rings. The maximum atomic E-state index is 9.80. The second-order valence-corrected chi connectivity index (χ2v) is 5.14. The van der Waals surface area contributed by atoms with Gasteiger partial charge in [-0.25, -0.2) is 0 Å². The molecular weight excluding hydrogens is 226 g/mol. The van der Waals surface area contributed by atoms with E-state index in [2.05, 4.69) is 18.2 Å². The van der Waals surface area contributed by atoms with E-state index in [1.54, 1.807) is 0 Å². The fourth-order valence-corrected chi connectivity index (χ4v) is 2.58. The molecule has 3 nitrogen and oxygen atoms in total. The second-order valence-electron chi connectivity index (χ2n) is 5.14. The molecule has 18 heavy (non-hydrogen) atoms. The predicted molar refractivity (Wildman–Crippen MR) is 74.3 cm³/mol. The highest BCUT2D eigenvalue weighted by Crippen LogP contribution is 2.29. The summed E-state index contributed by atoms with van der Waals surface area (Å²) in [5, 5.41) is 12.9. The molecule has 0 aromatic rings. The van der Waals surface area contributed by atoms with Gasteiger partial charge in [-0.2, -0.15) is 0 Å². The van der Waals surface area contributed by atoms with Crippen molar-refractivity contribution in [1.82, 2.24) is 5.32 Å². The standard InChI is InChI=1S/C15H27NO2/c1-3-5-10-16-11-14(17)12-18-15-9-7-6-8-13(15)4-2/h1,13-17H,4-12H2,2H3. The van der Waals surface area contributed by atoms with Gasteiger partial charge in [0.05, 0.1) is 18.8 Å². The Labute approximate surface area is 111 Å². The molecule has 0 heterocycles. The Morgan fingerprint density at radius 3 is 2.94 bits per heavy atom. The van der Waals surface area contributed by atoms with Crippen molar-refractivity contribution in [2.45, 2.75) is 57.7 Å². The minimum atomic E-state index is -0.429. The van der Waals surface area contributed by atoms with Crippen molar-refractivity contribution in [3.63, 3.8) is 0 Å². The van der Waals surface area contributed by atoms with Crippen LogP contribution in [0, 0.1) is 18.3 Å². The maximum Gasteiger partial charge on any atom is 0.0897 e. The van der Waals surface area contributed by atoms with Gasteiger partial charge in [0.25, 0.3) is 0 Å². The number of hydrogen-bond donors (Lipinski definition) is 2. The van der Waals surface area contributed by atoms with E-state index in [9.17, 15) is 5.11 Å². The van der Waals surface area contributed by atoms with Gasteiger partial charge in [0.15, 0.2) is 0 Å². The number of terminal acetylenes is 1. The summed E-state index contributed by atoms with van der Waals surface area (Å²) in [6.07, 6.45) is 12.0. The molecule has 1 rings (SSSR count). The molecule has 1 saturated carbocycles. The van der Waals surface area contributed by atoms with E-state index in [1.807, 2.05) is 0 Å². The van der Waals surface area contributed by atoms with Crippen LogP contribution in [0.5, 0.6) is 0 Å². The first-order chi connectivity index (χ1) is 8.77. The van der Waals surface area contributed by atoms with Gasteiger partial charge in [-0.15, -0.1) is 12.3 Å². The van der Waals surface area contributed by atoms with Crippen molar-refractivity contribution in [3.05, 3.63) is 0 Å². The second kappa shape index (κ2) is 9.38. The normalized spacial score (nSPS) is 25.6. The van der Waals surface area contributed by atoms with E-state index < -0.39 is 6.10 Å². The van der Waals surface area contributed by atoms with Crippen molar-refractivity contribution in [3.8, 4) is 12.3 Å². The first-order valence-electron chi connectivity index (χ1n) is 7.21. The summed E-state index contributed by atoms with van der Waals surface area (Å²) >= 11 is 0. The number of aliphatic hydroxyl groups is 1. The molecule has 0 aromatic heterocycles. The monoisotopic (exact) mass is 253 g/mol. The molecule has 3 atom stereocenters. The van der Waals surface area contributed by atoms with Crippen LogP contribution in [0.4, 0.5) is 0 Å². The summed E-state index contributed by atoms with van der Waals surface area (Å²) in [6.45, 7) is 3.98. The van der Waals surface area contributed by atoms with Crippen molar-refractivity contribution in [2.75, 3.05) is 19.7 Å². The quantitative estimate of drug-likeness (QED) is 0.513. The molecule has 0 bridgehead atoms. The van der Waals surface area contributed by atoms with E-state index in [1.165, 1.54) is 25.7 Å². The minimum Gasteiger partial charge on any atom is -0.389 e. The highest BCUT2D eigenvalue weighted by Gasteiger charge is 2.24. The molecule has 0 aliphatic heterocycles. The van der Waals surface area contributed by atoms with Gasteiger partial charge in [0.1, 0.15) is 0 Å². The third-order valence-corrected chi connectivity index (χ3v) is 3.69. The SMILES string of the molecule is C#CCCNCC(O)COC1CCCCC1CC. The molecule has 0 radical (unpaired) electrons. The molecule has 104 valence electrons. The average Bonchev–Trinajstić information content (AvgIpc) is 2.41. The summed E-state index contributed by atoms with van der Waals surface area (Å²) in [5.41, 5.74) is 0. The molecule has 3 heteroatoms. The minimum absolute atomic E-state index is 0.351. The Bertz CT molecular complexity index is 249. The largest absolute Gasteiger partial charge is 0.389 e. The van der Waals surface area contributed by atoms with Crippen LogP contribution in [0.15, 0.2) is 0 Å². The van der Waals surface area contributed by atoms with Crippen LogP contribution >= 0.6 is 0 Å². The molecule has 1 aliphatic carbocycles. The number of hydrogen-bond acceptors (Lipinski definition) is 3. The highest BCUT2D eigenvalue weighted by atomic mass is 16.5. The van der Waals surface area contributed by atoms with Gasteiger partial charge < -0.3 is 15.2 Å². The number of ether oxygens (including phenoxy) is 1. The lowest BCUT2D eigenvalue weighted by Gasteiger charge is -2.31. The van der Waals surface area contributed by atoms with Crippen LogP contribution in [-0.2, 0) is 4.74 Å². The number of aliphatic hydroxyl groups excluding tert-OH is 1. The number of nitrogens with one attached hydrogen (secondary N) is 1. The van der Waals surface area contributed by atoms with Crippen molar-refractivity contribution in [2.24, 2.45) is 5.92 Å². The fraction of sp³-hybridized carbons (Fsp3) is 0.867. The summed E-state index contributed by atoms with van der Waals surface area (Å²) in [5.74, 6) is 3.24. The fourth-order valence-electron chi connectivity index (χ4n) is 2.58. The van der Waals surface area contributed by atoms with Crippen molar-refractivity contribution in [1.29, 1.82) is 0 Å². The first-order valence-corrected chi connectivity index (χ1v) is 7.21. The van der Waals surface area contributed by atoms with Crippen LogP contribution in [-0.4, -0.2) is 37.0 Å². The third-order valence-electron chi connectivity index (χ3n) is 3.69. The maximum absolute atomic E-state index is 9.80. The van der Waals surface area contributed by atoms with Crippen LogP contribution < -0.4 is 5.32 Å². The van der Waals surface area contributed by atoms with E-state index >= 15 is 0 Å². The van der Waals surface area contributed by atoms with Gasteiger partial charge in [-0.1, -0.05) is 26.2 Å². The van der Waals surface area contributed by atoms with Crippen molar-refractivity contribution >= 4 is 0 Å². The van der Waals surface area contributed by atoms with Crippen LogP contribution in [0.2, 0.25) is 0 Å². The van der Waals surface area contributed by atoms with E-state index in [-0.39, 0.29) is 0 Å². The third kappa shape index (κ3) is 5.86. The van der Waals surface area contributed by atoms with E-state index in [0.717, 1.165) is 13.0 Å². The Hall–Kier alpha value is -0.560. The summed E-state index contributed by atoms with van der Waals surface area (Å²) in [7, 11) is 0. The Kier molecular flexibility index (Phi) is 8.08. The summed E-state index contributed by atoms with van der Waals surface area (Å²) in [4.78, 5) is 0. The van der Waals surface area contributed by atoms with Crippen LogP contribution in [0.25, 0.3) is 0 Å². The predicted octanol–water partition coefficient (Wildman–Crippen LogP) is 1.95. The zero-order chi connectivity index (χ0) is 13.2. The topological polar surface area (TPSA) is 41.5 Å². The molecule has 0 amide bonds. The number of rotatable bonds is 8. The van der Waals surface area contributed by atoms with Crippen LogP contribution in [0.1, 0.15) is 45.4 Å². The molecule has 2 N–H and O–H groups in total. The smallest absolute Gasteiger partial charge is 0.0897 e. The van der Waals surface area contributed by atoms with Crippen LogP contribution in [0.3, 0.4) is 0 Å². The van der Waals surface area contributed by atoms with Gasteiger partial charge >= 0.3 is 0 Å². The average molecular weight is 253 g/mol. The van der Waals surface area contributed by atoms with Gasteiger partial charge in [-0.05, 0) is 18.8 Å². The summed E-state index contributed by atoms with van der Waals surface area (Å²) < 4.78 is 5.87. The lowest BCUT2D eigenvalue weighted by atomic mass is 9.85. The molecular formula is C15H27NO2. The Morgan fingerprint density at radius 1 is 1.44 bits per heavy atom. The van der Waals surface area contributed by atoms with Gasteiger partial charge in [0.2, 0.25) is 0 Å². The van der Waals surface area contributed by atoms with Gasteiger partial charge in [-0.3, -0.25) is 0 Å². The van der Waals surface area contributed by atoms with E-state index in [0.29, 0.717) is 31.6 Å². The lowest BCUT2D eigenvalue weighted by molar-refractivity contribution is -0.0498. The Morgan fingerprint density at radius 2 is 2.22 bits per heavy atom. The summed E-state index contributed by atoms with van der Waals surface area (Å²) in [6, 6.07) is 0. The molecule has 0 saturated heterocycles. The molecule has 0 spiro atoms. The molecule has 3 unspecified atom stereocenters. The van der Waals surface area contributed by atoms with E-state index in [4.69, 9.17) is 11.2 Å². The van der Waals surface area contributed by atoms with Crippen molar-refractivity contribution < 1.29 is 9.84 Å². The zero-order valence-electron chi connectivity index (χ0n) is 11.5. The Balaban J connectivity index is 2.12. The molecule has 0 aromatic carbocycles. The molecule has 1 aliphatic rings. The highest BCUT2D eigenvalue weighted by molar-refractivity contribution is 4.84. The zero-order valence-corrected chi connectivity index (χ0v) is 11.5. The first kappa shape index (κ1) is 15.5.